The summed E-state index contributed by atoms with van der Waals surface area (Å²) in [5, 5.41) is 16.6. The van der Waals surface area contributed by atoms with Gasteiger partial charge in [0.25, 0.3) is 5.91 Å². The second kappa shape index (κ2) is 12.0. The molecule has 5 heterocycles. The summed E-state index contributed by atoms with van der Waals surface area (Å²) in [7, 11) is 1.89. The molecule has 4 N–H and O–H groups in total. The third-order valence-electron chi connectivity index (χ3n) is 8.21. The Morgan fingerprint density at radius 3 is 2.84 bits per heavy atom. The molecule has 1 aliphatic heterocycles. The maximum absolute atomic E-state index is 13.2. The molecule has 5 aromatic rings. The van der Waals surface area contributed by atoms with Gasteiger partial charge in [0.1, 0.15) is 16.7 Å². The second-order valence-corrected chi connectivity index (χ2v) is 12.7. The average Bonchev–Trinajstić information content (AvgIpc) is 3.35. The zero-order chi connectivity index (χ0) is 31.1. The number of fused-ring (bicyclic) bond motifs is 1. The number of para-hydroxylation sites is 1. The van der Waals surface area contributed by atoms with Crippen LogP contribution in [0.3, 0.4) is 0 Å². The van der Waals surface area contributed by atoms with Gasteiger partial charge in [-0.1, -0.05) is 12.1 Å². The lowest BCUT2D eigenvalue weighted by Gasteiger charge is -2.17. The van der Waals surface area contributed by atoms with E-state index in [-0.39, 0.29) is 24.5 Å². The second-order valence-electron chi connectivity index (χ2n) is 11.7. The number of hydrogen-bond acceptors (Lipinski definition) is 9. The molecule has 45 heavy (non-hydrogen) atoms. The maximum Gasteiger partial charge on any atom is 0.265 e. The molecule has 1 aromatic carbocycles. The van der Waals surface area contributed by atoms with E-state index in [1.165, 1.54) is 11.3 Å². The van der Waals surface area contributed by atoms with E-state index >= 15 is 0 Å². The van der Waals surface area contributed by atoms with Crippen LogP contribution in [0.4, 0.5) is 17.5 Å². The Hall–Kier alpha value is -4.75. The van der Waals surface area contributed by atoms with E-state index in [4.69, 9.17) is 9.72 Å². The van der Waals surface area contributed by atoms with E-state index in [9.17, 15) is 9.59 Å². The number of hydrogen-bond donors (Lipinski definition) is 4. The fourth-order valence-corrected chi connectivity index (χ4v) is 6.34. The Balaban J connectivity index is 1.00. The fourth-order valence-electron chi connectivity index (χ4n) is 5.61. The number of benzene rings is 1. The van der Waals surface area contributed by atoms with Gasteiger partial charge in [-0.25, -0.2) is 9.97 Å². The average molecular weight is 626 g/mol. The van der Waals surface area contributed by atoms with Gasteiger partial charge in [-0.05, 0) is 56.2 Å². The van der Waals surface area contributed by atoms with Gasteiger partial charge in [-0.15, -0.1) is 11.3 Å². The highest BCUT2D eigenvalue weighted by molar-refractivity contribution is 7.12. The largest absolute Gasteiger partial charge is 0.487 e. The number of thiophene rings is 1. The lowest BCUT2D eigenvalue weighted by atomic mass is 10.1. The molecule has 12 nitrogen and oxygen atoms in total. The molecule has 2 aliphatic rings. The number of likely N-dealkylation sites (tertiary alicyclic amines) is 1. The van der Waals surface area contributed by atoms with Crippen molar-refractivity contribution in [3.8, 4) is 17.0 Å². The zero-order valence-corrected chi connectivity index (χ0v) is 26.2. The molecule has 0 bridgehead atoms. The van der Waals surface area contributed by atoms with Crippen molar-refractivity contribution >= 4 is 51.5 Å². The number of nitrogens with zero attached hydrogens (tertiary/aromatic N) is 5. The van der Waals surface area contributed by atoms with Crippen LogP contribution in [0.25, 0.3) is 22.2 Å². The molecule has 1 unspecified atom stereocenters. The van der Waals surface area contributed by atoms with Crippen molar-refractivity contribution in [1.82, 2.24) is 34.9 Å². The Labute approximate surface area is 264 Å². The highest BCUT2D eigenvalue weighted by atomic mass is 32.1. The lowest BCUT2D eigenvalue weighted by Crippen LogP contribution is -2.33. The summed E-state index contributed by atoms with van der Waals surface area (Å²) in [6.07, 6.45) is 6.50. The molecule has 7 rings (SSSR count). The van der Waals surface area contributed by atoms with E-state index in [0.29, 0.717) is 40.7 Å². The Morgan fingerprint density at radius 1 is 1.18 bits per heavy atom. The number of rotatable bonds is 10. The molecular weight excluding hydrogens is 590 g/mol. The van der Waals surface area contributed by atoms with Crippen LogP contribution in [0.2, 0.25) is 0 Å². The summed E-state index contributed by atoms with van der Waals surface area (Å²) in [5.41, 5.74) is 5.18. The van der Waals surface area contributed by atoms with Crippen LogP contribution in [0.15, 0.2) is 48.1 Å². The predicted octanol–water partition coefficient (Wildman–Crippen LogP) is 4.76. The number of aromatic amines is 1. The Kier molecular flexibility index (Phi) is 7.71. The van der Waals surface area contributed by atoms with Gasteiger partial charge < -0.3 is 25.7 Å². The number of amides is 2. The molecule has 13 heteroatoms. The van der Waals surface area contributed by atoms with Crippen LogP contribution in [0.1, 0.15) is 40.2 Å². The summed E-state index contributed by atoms with van der Waals surface area (Å²) < 4.78 is 8.00. The standard InChI is InChI=1S/C32H35N9O3S/c1-18-14-34-32(37-26-13-19(2)40(3)39-26)38-28(18)23-15-33-29-22(23)5-4-6-24(29)36-27(42)17-41-11-9-21(16-41)44-25-10-12-45-30(25)31(43)35-20-7-8-20/h4-6,10,12-15,20-21,33H,7-9,11,16-17H2,1-3H3,(H,35,43)(H,36,42)(H,34,37,38,39). The van der Waals surface area contributed by atoms with Gasteiger partial charge in [-0.2, -0.15) is 5.10 Å². The normalized spacial score (nSPS) is 16.6. The Bertz CT molecular complexity index is 1870. The maximum atomic E-state index is 13.2. The van der Waals surface area contributed by atoms with Crippen LogP contribution < -0.4 is 20.7 Å². The van der Waals surface area contributed by atoms with Crippen LogP contribution in [0.5, 0.6) is 5.75 Å². The third kappa shape index (κ3) is 6.26. The van der Waals surface area contributed by atoms with E-state index < -0.39 is 0 Å². The zero-order valence-electron chi connectivity index (χ0n) is 25.4. The Morgan fingerprint density at radius 2 is 2.04 bits per heavy atom. The minimum atomic E-state index is -0.102. The van der Waals surface area contributed by atoms with Crippen molar-refractivity contribution in [2.24, 2.45) is 7.05 Å². The SMILES string of the molecule is Cc1cnc(Nc2cc(C)n(C)n2)nc1-c1c[nH]c2c(NC(=O)CN3CCC(Oc4ccsc4C(=O)NC4CC4)C3)cccc12. The highest BCUT2D eigenvalue weighted by Crippen LogP contribution is 2.34. The molecule has 1 saturated heterocycles. The van der Waals surface area contributed by atoms with Gasteiger partial charge in [0.05, 0.1) is 23.4 Å². The van der Waals surface area contributed by atoms with Gasteiger partial charge >= 0.3 is 0 Å². The van der Waals surface area contributed by atoms with E-state index in [1.807, 2.05) is 62.8 Å². The topological polar surface area (TPSA) is 142 Å². The van der Waals surface area contributed by atoms with Crippen molar-refractivity contribution in [2.75, 3.05) is 30.3 Å². The van der Waals surface area contributed by atoms with E-state index in [0.717, 1.165) is 59.2 Å². The molecule has 4 aromatic heterocycles. The monoisotopic (exact) mass is 625 g/mol. The number of aromatic nitrogens is 5. The van der Waals surface area contributed by atoms with Gasteiger partial charge in [0, 0.05) is 61.3 Å². The first-order valence-corrected chi connectivity index (χ1v) is 16.0. The van der Waals surface area contributed by atoms with Crippen molar-refractivity contribution < 1.29 is 14.3 Å². The molecule has 1 aliphatic carbocycles. The van der Waals surface area contributed by atoms with Crippen molar-refractivity contribution in [1.29, 1.82) is 0 Å². The van der Waals surface area contributed by atoms with Crippen LogP contribution in [-0.4, -0.2) is 73.2 Å². The summed E-state index contributed by atoms with van der Waals surface area (Å²) in [6, 6.07) is 9.93. The minimum Gasteiger partial charge on any atom is -0.487 e. The molecule has 0 radical (unpaired) electrons. The molecule has 2 amide bonds. The van der Waals surface area contributed by atoms with E-state index in [2.05, 4.69) is 35.9 Å². The number of ether oxygens (including phenoxy) is 1. The molecule has 2 fully saturated rings. The van der Waals surface area contributed by atoms with Gasteiger partial charge in [-0.3, -0.25) is 19.2 Å². The first kappa shape index (κ1) is 29.0. The quantitative estimate of drug-likeness (QED) is 0.174. The third-order valence-corrected chi connectivity index (χ3v) is 9.10. The molecular formula is C32H35N9O3S. The first-order chi connectivity index (χ1) is 21.8. The summed E-state index contributed by atoms with van der Waals surface area (Å²) >= 11 is 1.40. The molecule has 1 atom stereocenters. The van der Waals surface area contributed by atoms with Crippen LogP contribution >= 0.6 is 11.3 Å². The smallest absolute Gasteiger partial charge is 0.265 e. The number of carbonyl (C=O) groups is 2. The number of carbonyl (C=O) groups excluding carboxylic acids is 2. The summed E-state index contributed by atoms with van der Waals surface area (Å²) in [6.45, 7) is 5.56. The summed E-state index contributed by atoms with van der Waals surface area (Å²) in [4.78, 5) is 41.0. The van der Waals surface area contributed by atoms with Crippen molar-refractivity contribution in [2.45, 2.75) is 45.3 Å². The predicted molar refractivity (Wildman–Crippen MR) is 174 cm³/mol. The molecule has 1 saturated carbocycles. The van der Waals surface area contributed by atoms with Crippen molar-refractivity contribution in [3.05, 3.63) is 64.2 Å². The molecule has 0 spiro atoms. The summed E-state index contributed by atoms with van der Waals surface area (Å²) in [5.74, 6) is 1.59. The number of nitrogens with one attached hydrogen (secondary N) is 4. The van der Waals surface area contributed by atoms with E-state index in [1.54, 1.807) is 10.9 Å². The van der Waals surface area contributed by atoms with Gasteiger partial charge in [0.15, 0.2) is 5.82 Å². The highest BCUT2D eigenvalue weighted by Gasteiger charge is 2.29. The van der Waals surface area contributed by atoms with Gasteiger partial charge in [0.2, 0.25) is 11.9 Å². The lowest BCUT2D eigenvalue weighted by molar-refractivity contribution is -0.117. The molecule has 232 valence electrons. The first-order valence-electron chi connectivity index (χ1n) is 15.1. The number of H-pyrrole nitrogens is 1. The van der Waals surface area contributed by atoms with Crippen molar-refractivity contribution in [3.63, 3.8) is 0 Å². The fraction of sp³-hybridized carbons (Fsp3) is 0.344. The number of anilines is 3. The van der Waals surface area contributed by atoms with Crippen LogP contribution in [-0.2, 0) is 11.8 Å². The minimum absolute atomic E-state index is 0.0649. The number of aryl methyl sites for hydroxylation is 3. The van der Waals surface area contributed by atoms with Crippen LogP contribution in [0, 0.1) is 13.8 Å².